The van der Waals surface area contributed by atoms with E-state index in [1.54, 1.807) is 4.90 Å². The molecule has 0 unspecified atom stereocenters. The van der Waals surface area contributed by atoms with Crippen molar-refractivity contribution in [2.24, 2.45) is 0 Å². The van der Waals surface area contributed by atoms with E-state index in [9.17, 15) is 9.90 Å². The van der Waals surface area contributed by atoms with Gasteiger partial charge in [-0.1, -0.05) is 18.2 Å². The SMILES string of the molecule is O=C(NCc1cccc(-c2ncn[nH]2)c1)N1CCC[C@H]1CO. The zero-order valence-corrected chi connectivity index (χ0v) is 12.2. The minimum atomic E-state index is -0.124. The summed E-state index contributed by atoms with van der Waals surface area (Å²) in [6.45, 7) is 1.17. The maximum absolute atomic E-state index is 12.2. The molecular formula is C15H19N5O2. The molecule has 1 aromatic heterocycles. The highest BCUT2D eigenvalue weighted by atomic mass is 16.3. The van der Waals surface area contributed by atoms with Crippen LogP contribution < -0.4 is 5.32 Å². The molecule has 0 spiro atoms. The summed E-state index contributed by atoms with van der Waals surface area (Å²) in [5.41, 5.74) is 1.92. The summed E-state index contributed by atoms with van der Waals surface area (Å²) >= 11 is 0. The van der Waals surface area contributed by atoms with Crippen LogP contribution in [-0.4, -0.2) is 50.4 Å². The van der Waals surface area contributed by atoms with Gasteiger partial charge in [0, 0.05) is 18.7 Å². The van der Waals surface area contributed by atoms with Crippen LogP contribution in [0.3, 0.4) is 0 Å². The zero-order valence-electron chi connectivity index (χ0n) is 12.2. The fraction of sp³-hybridized carbons (Fsp3) is 0.400. The third kappa shape index (κ3) is 3.09. The van der Waals surface area contributed by atoms with E-state index in [2.05, 4.69) is 20.5 Å². The number of aliphatic hydroxyl groups is 1. The van der Waals surface area contributed by atoms with Crippen molar-refractivity contribution in [3.8, 4) is 11.4 Å². The molecule has 0 radical (unpaired) electrons. The third-order valence-electron chi connectivity index (χ3n) is 3.91. The second-order valence-electron chi connectivity index (χ2n) is 5.37. The standard InChI is InChI=1S/C15H19N5O2/c21-9-13-5-2-6-20(13)15(22)16-8-11-3-1-4-12(7-11)14-17-10-18-19-14/h1,3-4,7,10,13,21H,2,5-6,8-9H2,(H,16,22)(H,17,18,19)/t13-/m0/s1. The van der Waals surface area contributed by atoms with Crippen LogP contribution in [0.15, 0.2) is 30.6 Å². The Labute approximate surface area is 128 Å². The number of amides is 2. The predicted molar refractivity (Wildman–Crippen MR) is 80.9 cm³/mol. The summed E-state index contributed by atoms with van der Waals surface area (Å²) in [7, 11) is 0. The monoisotopic (exact) mass is 301 g/mol. The summed E-state index contributed by atoms with van der Waals surface area (Å²) in [6, 6.07) is 7.60. The molecule has 2 aromatic rings. The maximum atomic E-state index is 12.2. The molecule has 7 heteroatoms. The lowest BCUT2D eigenvalue weighted by molar-refractivity contribution is 0.157. The number of urea groups is 1. The van der Waals surface area contributed by atoms with Crippen molar-refractivity contribution in [1.82, 2.24) is 25.4 Å². The predicted octanol–water partition coefficient (Wildman–Crippen LogP) is 1.14. The van der Waals surface area contributed by atoms with E-state index >= 15 is 0 Å². The van der Waals surface area contributed by atoms with E-state index in [-0.39, 0.29) is 18.7 Å². The van der Waals surface area contributed by atoms with Gasteiger partial charge in [0.1, 0.15) is 6.33 Å². The van der Waals surface area contributed by atoms with Crippen molar-refractivity contribution in [3.05, 3.63) is 36.2 Å². The molecule has 1 aliphatic rings. The van der Waals surface area contributed by atoms with Crippen LogP contribution in [-0.2, 0) is 6.54 Å². The number of hydrogen-bond acceptors (Lipinski definition) is 4. The fourth-order valence-corrected chi connectivity index (χ4v) is 2.75. The normalized spacial score (nSPS) is 17.7. The Balaban J connectivity index is 1.62. The average Bonchev–Trinajstić information content (AvgIpc) is 3.23. The van der Waals surface area contributed by atoms with Gasteiger partial charge in [-0.25, -0.2) is 9.78 Å². The zero-order chi connectivity index (χ0) is 15.4. The van der Waals surface area contributed by atoms with Gasteiger partial charge in [0.05, 0.1) is 12.6 Å². The van der Waals surface area contributed by atoms with Crippen molar-refractivity contribution in [2.45, 2.75) is 25.4 Å². The number of rotatable bonds is 4. The van der Waals surface area contributed by atoms with Gasteiger partial charge >= 0.3 is 6.03 Å². The van der Waals surface area contributed by atoms with Crippen molar-refractivity contribution in [2.75, 3.05) is 13.2 Å². The van der Waals surface area contributed by atoms with Crippen molar-refractivity contribution >= 4 is 6.03 Å². The maximum Gasteiger partial charge on any atom is 0.317 e. The first-order valence-electron chi connectivity index (χ1n) is 7.38. The lowest BCUT2D eigenvalue weighted by atomic mass is 10.1. The van der Waals surface area contributed by atoms with Crippen LogP contribution in [0.1, 0.15) is 18.4 Å². The number of aromatic nitrogens is 3. The first-order valence-corrected chi connectivity index (χ1v) is 7.38. The highest BCUT2D eigenvalue weighted by molar-refractivity contribution is 5.75. The highest BCUT2D eigenvalue weighted by Crippen LogP contribution is 2.17. The van der Waals surface area contributed by atoms with Crippen LogP contribution in [0.5, 0.6) is 0 Å². The summed E-state index contributed by atoms with van der Waals surface area (Å²) in [6.07, 6.45) is 3.27. The van der Waals surface area contributed by atoms with E-state index in [0.29, 0.717) is 18.9 Å². The Morgan fingerprint density at radius 2 is 2.41 bits per heavy atom. The van der Waals surface area contributed by atoms with Crippen molar-refractivity contribution in [3.63, 3.8) is 0 Å². The van der Waals surface area contributed by atoms with Crippen molar-refractivity contribution in [1.29, 1.82) is 0 Å². The minimum Gasteiger partial charge on any atom is -0.394 e. The number of H-pyrrole nitrogens is 1. The van der Waals surface area contributed by atoms with Gasteiger partial charge in [-0.3, -0.25) is 5.10 Å². The van der Waals surface area contributed by atoms with E-state index < -0.39 is 0 Å². The summed E-state index contributed by atoms with van der Waals surface area (Å²) in [5, 5.41) is 18.8. The van der Waals surface area contributed by atoms with Gasteiger partial charge in [0.25, 0.3) is 0 Å². The Kier molecular flexibility index (Phi) is 4.34. The highest BCUT2D eigenvalue weighted by Gasteiger charge is 2.27. The molecule has 3 rings (SSSR count). The van der Waals surface area contributed by atoms with Gasteiger partial charge < -0.3 is 15.3 Å². The smallest absolute Gasteiger partial charge is 0.317 e. The molecular weight excluding hydrogens is 282 g/mol. The molecule has 0 saturated carbocycles. The quantitative estimate of drug-likeness (QED) is 0.789. The average molecular weight is 301 g/mol. The van der Waals surface area contributed by atoms with Gasteiger partial charge in [-0.2, -0.15) is 5.10 Å². The largest absolute Gasteiger partial charge is 0.394 e. The van der Waals surface area contributed by atoms with Crippen LogP contribution >= 0.6 is 0 Å². The molecule has 2 amide bonds. The molecule has 3 N–H and O–H groups in total. The Bertz CT molecular complexity index is 629. The van der Waals surface area contributed by atoms with Crippen LogP contribution in [0, 0.1) is 0 Å². The van der Waals surface area contributed by atoms with Gasteiger partial charge in [-0.15, -0.1) is 0 Å². The first-order chi connectivity index (χ1) is 10.8. The molecule has 1 aromatic carbocycles. The number of aliphatic hydroxyl groups excluding tert-OH is 1. The Hall–Kier alpha value is -2.41. The van der Waals surface area contributed by atoms with E-state index in [0.717, 1.165) is 24.0 Å². The Morgan fingerprint density at radius 3 is 3.18 bits per heavy atom. The number of nitrogens with zero attached hydrogens (tertiary/aromatic N) is 3. The summed E-state index contributed by atoms with van der Waals surface area (Å²) in [4.78, 5) is 18.0. The lowest BCUT2D eigenvalue weighted by Gasteiger charge is -2.23. The second kappa shape index (κ2) is 6.57. The minimum absolute atomic E-state index is 0.0222. The third-order valence-corrected chi connectivity index (χ3v) is 3.91. The Morgan fingerprint density at radius 1 is 1.50 bits per heavy atom. The molecule has 1 saturated heterocycles. The van der Waals surface area contributed by atoms with Crippen molar-refractivity contribution < 1.29 is 9.90 Å². The summed E-state index contributed by atoms with van der Waals surface area (Å²) < 4.78 is 0. The number of aromatic amines is 1. The molecule has 1 atom stereocenters. The molecule has 116 valence electrons. The topological polar surface area (TPSA) is 94.1 Å². The summed E-state index contributed by atoms with van der Waals surface area (Å²) in [5.74, 6) is 0.702. The number of carbonyl (C=O) groups excluding carboxylic acids is 1. The molecule has 1 fully saturated rings. The molecule has 0 aliphatic carbocycles. The van der Waals surface area contributed by atoms with Crippen LogP contribution in [0.25, 0.3) is 11.4 Å². The molecule has 0 bridgehead atoms. The van der Waals surface area contributed by atoms with E-state index in [1.807, 2.05) is 24.3 Å². The number of likely N-dealkylation sites (tertiary alicyclic amines) is 1. The molecule has 7 nitrogen and oxygen atoms in total. The van der Waals surface area contributed by atoms with E-state index in [1.165, 1.54) is 6.33 Å². The molecule has 2 heterocycles. The van der Waals surface area contributed by atoms with Gasteiger partial charge in [-0.05, 0) is 24.5 Å². The number of carbonyl (C=O) groups is 1. The van der Waals surface area contributed by atoms with Crippen LogP contribution in [0.2, 0.25) is 0 Å². The van der Waals surface area contributed by atoms with E-state index in [4.69, 9.17) is 0 Å². The number of hydrogen-bond donors (Lipinski definition) is 3. The molecule has 22 heavy (non-hydrogen) atoms. The number of nitrogens with one attached hydrogen (secondary N) is 2. The van der Waals surface area contributed by atoms with Crippen LogP contribution in [0.4, 0.5) is 4.79 Å². The van der Waals surface area contributed by atoms with Gasteiger partial charge in [0.2, 0.25) is 0 Å². The molecule has 1 aliphatic heterocycles. The van der Waals surface area contributed by atoms with Gasteiger partial charge in [0.15, 0.2) is 5.82 Å². The fourth-order valence-electron chi connectivity index (χ4n) is 2.75. The number of benzene rings is 1. The lowest BCUT2D eigenvalue weighted by Crippen LogP contribution is -2.43. The first kappa shape index (κ1) is 14.5. The second-order valence-corrected chi connectivity index (χ2v) is 5.37.